The Morgan fingerprint density at radius 3 is 2.81 bits per heavy atom. The Labute approximate surface area is 101 Å². The van der Waals surface area contributed by atoms with Crippen molar-refractivity contribution >= 4 is 10.8 Å². The molecule has 0 spiro atoms. The summed E-state index contributed by atoms with van der Waals surface area (Å²) in [5, 5.41) is 3.60. The number of hydrogen-bond acceptors (Lipinski definition) is 2. The second-order valence-electron chi connectivity index (χ2n) is 5.42. The van der Waals surface area contributed by atoms with Gasteiger partial charge in [0.2, 0.25) is 0 Å². The first-order valence-electron chi connectivity index (χ1n) is 6.37. The van der Waals surface area contributed by atoms with Crippen LogP contribution in [0.15, 0.2) is 12.2 Å². The van der Waals surface area contributed by atoms with Crippen molar-refractivity contribution in [2.75, 3.05) is 18.6 Å². The maximum Gasteiger partial charge on any atom is 0.0246 e. The molecule has 2 aliphatic rings. The fourth-order valence-electron chi connectivity index (χ4n) is 2.93. The lowest BCUT2D eigenvalue weighted by molar-refractivity contribution is 0.387. The highest BCUT2D eigenvalue weighted by Gasteiger charge is 2.35. The van der Waals surface area contributed by atoms with E-state index in [1.54, 1.807) is 6.26 Å². The minimum absolute atomic E-state index is 0.506. The summed E-state index contributed by atoms with van der Waals surface area (Å²) in [7, 11) is -0.644. The molecule has 2 bridgehead atoms. The summed E-state index contributed by atoms with van der Waals surface area (Å²) in [6.45, 7) is 3.35. The van der Waals surface area contributed by atoms with Crippen molar-refractivity contribution in [3.63, 3.8) is 0 Å². The van der Waals surface area contributed by atoms with Crippen LogP contribution < -0.4 is 5.32 Å². The highest BCUT2D eigenvalue weighted by Crippen LogP contribution is 2.42. The lowest BCUT2D eigenvalue weighted by Gasteiger charge is -2.21. The smallest absolute Gasteiger partial charge is 0.0246 e. The van der Waals surface area contributed by atoms with Gasteiger partial charge in [-0.3, -0.25) is 4.21 Å². The van der Waals surface area contributed by atoms with E-state index >= 15 is 0 Å². The molecule has 0 saturated heterocycles. The van der Waals surface area contributed by atoms with Crippen molar-refractivity contribution in [1.82, 2.24) is 5.32 Å². The average molecular weight is 241 g/mol. The van der Waals surface area contributed by atoms with E-state index in [0.29, 0.717) is 6.04 Å². The van der Waals surface area contributed by atoms with E-state index in [-0.39, 0.29) is 0 Å². The van der Waals surface area contributed by atoms with E-state index < -0.39 is 10.8 Å². The first-order chi connectivity index (χ1) is 7.65. The lowest BCUT2D eigenvalue weighted by atomic mass is 9.93. The van der Waals surface area contributed by atoms with Crippen LogP contribution in [-0.4, -0.2) is 28.8 Å². The van der Waals surface area contributed by atoms with Crippen LogP contribution in [0, 0.1) is 17.8 Å². The van der Waals surface area contributed by atoms with Crippen LogP contribution >= 0.6 is 0 Å². The molecule has 0 amide bonds. The van der Waals surface area contributed by atoms with Gasteiger partial charge in [0.25, 0.3) is 0 Å². The summed E-state index contributed by atoms with van der Waals surface area (Å²) in [5.74, 6) is 3.38. The van der Waals surface area contributed by atoms with Gasteiger partial charge in [-0.15, -0.1) is 0 Å². The minimum atomic E-state index is -0.644. The molecule has 0 heterocycles. The minimum Gasteiger partial charge on any atom is -0.314 e. The van der Waals surface area contributed by atoms with Crippen LogP contribution in [0.25, 0.3) is 0 Å². The third-order valence-corrected chi connectivity index (χ3v) is 4.79. The molecule has 5 unspecified atom stereocenters. The first kappa shape index (κ1) is 12.3. The summed E-state index contributed by atoms with van der Waals surface area (Å²) < 4.78 is 11.0. The monoisotopic (exact) mass is 241 g/mol. The maximum atomic E-state index is 11.0. The van der Waals surface area contributed by atoms with Gasteiger partial charge in [-0.2, -0.15) is 0 Å². The second-order valence-corrected chi connectivity index (χ2v) is 6.97. The molecule has 1 N–H and O–H groups in total. The fraction of sp³-hybridized carbons (Fsp3) is 0.846. The van der Waals surface area contributed by atoms with E-state index in [2.05, 4.69) is 24.4 Å². The molecule has 0 aliphatic heterocycles. The van der Waals surface area contributed by atoms with Crippen LogP contribution in [0.3, 0.4) is 0 Å². The third kappa shape index (κ3) is 3.17. The van der Waals surface area contributed by atoms with E-state index in [9.17, 15) is 4.21 Å². The van der Waals surface area contributed by atoms with Gasteiger partial charge >= 0.3 is 0 Å². The zero-order chi connectivity index (χ0) is 11.5. The van der Waals surface area contributed by atoms with Gasteiger partial charge in [0.1, 0.15) is 0 Å². The molecule has 5 atom stereocenters. The van der Waals surface area contributed by atoms with E-state index in [1.165, 1.54) is 12.8 Å². The van der Waals surface area contributed by atoms with Crippen molar-refractivity contribution in [3.8, 4) is 0 Å². The number of rotatable bonds is 6. The van der Waals surface area contributed by atoms with Gasteiger partial charge in [-0.1, -0.05) is 12.2 Å². The summed E-state index contributed by atoms with van der Waals surface area (Å²) in [4.78, 5) is 0. The topological polar surface area (TPSA) is 29.1 Å². The van der Waals surface area contributed by atoms with Crippen LogP contribution in [0.4, 0.5) is 0 Å². The van der Waals surface area contributed by atoms with Gasteiger partial charge in [0.15, 0.2) is 0 Å². The van der Waals surface area contributed by atoms with Gasteiger partial charge in [-0.25, -0.2) is 0 Å². The van der Waals surface area contributed by atoms with Crippen molar-refractivity contribution in [2.24, 2.45) is 17.8 Å². The summed E-state index contributed by atoms with van der Waals surface area (Å²) in [5.41, 5.74) is 0. The Balaban J connectivity index is 1.64. The van der Waals surface area contributed by atoms with Crippen LogP contribution in [-0.2, 0) is 10.8 Å². The molecular weight excluding hydrogens is 218 g/mol. The first-order valence-corrected chi connectivity index (χ1v) is 8.09. The molecule has 92 valence electrons. The number of allylic oxidation sites excluding steroid dienone is 2. The molecule has 16 heavy (non-hydrogen) atoms. The number of nitrogens with one attached hydrogen (secondary N) is 1. The number of hydrogen-bond donors (Lipinski definition) is 1. The predicted octanol–water partition coefficient (Wildman–Crippen LogP) is 1.95. The molecule has 2 nitrogen and oxygen atoms in total. The second kappa shape index (κ2) is 5.46. The highest BCUT2D eigenvalue weighted by molar-refractivity contribution is 7.84. The van der Waals surface area contributed by atoms with Gasteiger partial charge in [0.05, 0.1) is 0 Å². The van der Waals surface area contributed by atoms with E-state index in [4.69, 9.17) is 0 Å². The van der Waals surface area contributed by atoms with E-state index in [0.717, 1.165) is 36.5 Å². The van der Waals surface area contributed by atoms with Crippen molar-refractivity contribution in [2.45, 2.75) is 32.2 Å². The summed E-state index contributed by atoms with van der Waals surface area (Å²) >= 11 is 0. The fourth-order valence-corrected chi connectivity index (χ4v) is 3.61. The van der Waals surface area contributed by atoms with Crippen LogP contribution in [0.2, 0.25) is 0 Å². The molecule has 0 aromatic rings. The van der Waals surface area contributed by atoms with Crippen molar-refractivity contribution in [3.05, 3.63) is 12.2 Å². The molecule has 0 radical (unpaired) electrons. The predicted molar refractivity (Wildman–Crippen MR) is 69.9 cm³/mol. The molecule has 1 saturated carbocycles. The molecule has 0 aromatic carbocycles. The zero-order valence-corrected chi connectivity index (χ0v) is 11.1. The molecule has 2 rings (SSSR count). The summed E-state index contributed by atoms with van der Waals surface area (Å²) in [6.07, 6.45) is 10.4. The molecule has 0 aromatic heterocycles. The van der Waals surface area contributed by atoms with Crippen LogP contribution in [0.5, 0.6) is 0 Å². The maximum absolute atomic E-state index is 11.0. The summed E-state index contributed by atoms with van der Waals surface area (Å²) in [6, 6.07) is 0.506. The van der Waals surface area contributed by atoms with E-state index in [1.807, 2.05) is 0 Å². The molecule has 1 fully saturated rings. The Morgan fingerprint density at radius 1 is 1.44 bits per heavy atom. The Morgan fingerprint density at radius 2 is 2.25 bits per heavy atom. The van der Waals surface area contributed by atoms with Crippen molar-refractivity contribution in [1.29, 1.82) is 0 Å². The average Bonchev–Trinajstić information content (AvgIpc) is 2.84. The Bertz CT molecular complexity index is 290. The van der Waals surface area contributed by atoms with Crippen molar-refractivity contribution < 1.29 is 4.21 Å². The standard InChI is InChI=1S/C13H23NOS/c1-10(5-6-16(2)15)14-9-13-8-11-3-4-12(13)7-11/h3-4,10-14H,5-9H2,1-2H3. The largest absolute Gasteiger partial charge is 0.314 e. The normalized spacial score (nSPS) is 35.5. The van der Waals surface area contributed by atoms with Crippen LogP contribution in [0.1, 0.15) is 26.2 Å². The van der Waals surface area contributed by atoms with Gasteiger partial charge < -0.3 is 5.32 Å². The third-order valence-electron chi connectivity index (χ3n) is 3.98. The van der Waals surface area contributed by atoms with Gasteiger partial charge in [0, 0.05) is 28.9 Å². The number of fused-ring (bicyclic) bond motifs is 2. The zero-order valence-electron chi connectivity index (χ0n) is 10.3. The molecular formula is C13H23NOS. The Hall–Kier alpha value is -0.150. The quantitative estimate of drug-likeness (QED) is 0.720. The highest BCUT2D eigenvalue weighted by atomic mass is 32.2. The Kier molecular flexibility index (Phi) is 4.20. The molecule has 3 heteroatoms. The lowest BCUT2D eigenvalue weighted by Crippen LogP contribution is -2.33. The van der Waals surface area contributed by atoms with Gasteiger partial charge in [-0.05, 0) is 50.5 Å². The molecule has 2 aliphatic carbocycles. The SMILES string of the molecule is CC(CCS(C)=O)NCC1CC2C=CC1C2.